The first-order chi connectivity index (χ1) is 12.5. The van der Waals surface area contributed by atoms with Crippen LogP contribution >= 0.6 is 0 Å². The molecule has 0 N–H and O–H groups in total. The van der Waals surface area contributed by atoms with Gasteiger partial charge >= 0.3 is 0 Å². The van der Waals surface area contributed by atoms with Crippen molar-refractivity contribution in [3.63, 3.8) is 0 Å². The molecule has 0 saturated heterocycles. The van der Waals surface area contributed by atoms with Gasteiger partial charge in [-0.05, 0) is 18.1 Å². The van der Waals surface area contributed by atoms with Crippen molar-refractivity contribution in [1.29, 1.82) is 0 Å². The van der Waals surface area contributed by atoms with Crippen molar-refractivity contribution in [2.75, 3.05) is 4.90 Å². The molecule has 0 amide bonds. The second kappa shape index (κ2) is 7.60. The largest absolute Gasteiger partial charge is 0.358 e. The van der Waals surface area contributed by atoms with Gasteiger partial charge in [0.1, 0.15) is 5.69 Å². The molecule has 0 aliphatic rings. The smallest absolute Gasteiger partial charge is 0.185 e. The summed E-state index contributed by atoms with van der Waals surface area (Å²) in [5, 5.41) is 0. The molecule has 0 spiro atoms. The summed E-state index contributed by atoms with van der Waals surface area (Å²) in [7, 11) is 0. The van der Waals surface area contributed by atoms with E-state index in [4.69, 9.17) is 0 Å². The highest BCUT2D eigenvalue weighted by molar-refractivity contribution is 5.53. The van der Waals surface area contributed by atoms with Gasteiger partial charge in [0.25, 0.3) is 0 Å². The minimum absolute atomic E-state index is 0.103. The van der Waals surface area contributed by atoms with E-state index in [0.717, 1.165) is 18.1 Å². The van der Waals surface area contributed by atoms with E-state index in [1.807, 2.05) is 12.1 Å². The average molecular weight is 359 g/mol. The summed E-state index contributed by atoms with van der Waals surface area (Å²) in [4.78, 5) is 1.31. The summed E-state index contributed by atoms with van der Waals surface area (Å²) < 4.78 is 57.2. The highest BCUT2D eigenvalue weighted by Gasteiger charge is 2.27. The molecular weight excluding hydrogens is 342 g/mol. The lowest BCUT2D eigenvalue weighted by atomic mass is 10.1. The second-order valence-electron chi connectivity index (χ2n) is 6.06. The van der Waals surface area contributed by atoms with Gasteiger partial charge in [-0.2, -0.15) is 0 Å². The van der Waals surface area contributed by atoms with Gasteiger partial charge < -0.3 is 4.90 Å². The Hall–Kier alpha value is -2.82. The van der Waals surface area contributed by atoms with Crippen LogP contribution in [0.5, 0.6) is 0 Å². The van der Waals surface area contributed by atoms with Gasteiger partial charge in [-0.3, -0.25) is 0 Å². The minimum atomic E-state index is -1.38. The standard InChI is InChI=1S/C21H17F4N/c1-14-17(22)19(24)21(20(25)18(14)23)26(12-15-8-4-2-5-9-15)13-16-10-6-3-7-11-16/h2-11H,12-13H2,1H3. The summed E-state index contributed by atoms with van der Waals surface area (Å²) >= 11 is 0. The van der Waals surface area contributed by atoms with Crippen molar-refractivity contribution in [2.45, 2.75) is 20.0 Å². The van der Waals surface area contributed by atoms with E-state index >= 15 is 0 Å². The zero-order valence-electron chi connectivity index (χ0n) is 14.1. The molecule has 134 valence electrons. The van der Waals surface area contributed by atoms with Crippen LogP contribution in [0.25, 0.3) is 0 Å². The Morgan fingerprint density at radius 2 is 1.00 bits per heavy atom. The highest BCUT2D eigenvalue weighted by Crippen LogP contribution is 2.32. The minimum Gasteiger partial charge on any atom is -0.358 e. The topological polar surface area (TPSA) is 3.24 Å². The van der Waals surface area contributed by atoms with Crippen LogP contribution in [0.4, 0.5) is 23.2 Å². The van der Waals surface area contributed by atoms with Gasteiger partial charge in [0.15, 0.2) is 23.3 Å². The Balaban J connectivity index is 2.09. The molecule has 0 aromatic heterocycles. The summed E-state index contributed by atoms with van der Waals surface area (Å²) in [5.41, 5.74) is 0.175. The van der Waals surface area contributed by atoms with Crippen LogP contribution in [0.1, 0.15) is 16.7 Å². The fourth-order valence-corrected chi connectivity index (χ4v) is 2.83. The number of halogens is 4. The average Bonchev–Trinajstić information content (AvgIpc) is 2.66. The third-order valence-corrected chi connectivity index (χ3v) is 4.21. The third kappa shape index (κ3) is 3.57. The van der Waals surface area contributed by atoms with Crippen LogP contribution in [0.2, 0.25) is 0 Å². The fourth-order valence-electron chi connectivity index (χ4n) is 2.83. The Kier molecular flexibility index (Phi) is 5.26. The zero-order valence-corrected chi connectivity index (χ0v) is 14.1. The van der Waals surface area contributed by atoms with Crippen LogP contribution in [0.3, 0.4) is 0 Å². The van der Waals surface area contributed by atoms with Gasteiger partial charge in [-0.15, -0.1) is 0 Å². The zero-order chi connectivity index (χ0) is 18.7. The number of benzene rings is 3. The van der Waals surface area contributed by atoms with E-state index in [1.54, 1.807) is 48.5 Å². The molecule has 0 radical (unpaired) electrons. The highest BCUT2D eigenvalue weighted by atomic mass is 19.2. The molecule has 1 nitrogen and oxygen atoms in total. The van der Waals surface area contributed by atoms with Crippen molar-refractivity contribution in [2.24, 2.45) is 0 Å². The molecule has 0 atom stereocenters. The van der Waals surface area contributed by atoms with Gasteiger partial charge in [0.2, 0.25) is 0 Å². The number of hydrogen-bond acceptors (Lipinski definition) is 1. The Morgan fingerprint density at radius 3 is 1.38 bits per heavy atom. The van der Waals surface area contributed by atoms with E-state index in [0.29, 0.717) is 0 Å². The maximum Gasteiger partial charge on any atom is 0.185 e. The molecule has 0 heterocycles. The fraction of sp³-hybridized carbons (Fsp3) is 0.143. The molecule has 3 aromatic carbocycles. The van der Waals surface area contributed by atoms with Crippen LogP contribution in [-0.2, 0) is 13.1 Å². The van der Waals surface area contributed by atoms with Crippen LogP contribution < -0.4 is 4.90 Å². The number of rotatable bonds is 5. The molecule has 0 aliphatic heterocycles. The molecule has 0 fully saturated rings. The predicted octanol–water partition coefficient (Wildman–Crippen LogP) is 5.76. The van der Waals surface area contributed by atoms with Crippen molar-refractivity contribution >= 4 is 5.69 Å². The first kappa shape index (κ1) is 18.0. The molecule has 0 saturated carbocycles. The molecule has 5 heteroatoms. The Labute approximate surface area is 149 Å². The summed E-state index contributed by atoms with van der Waals surface area (Å²) in [6, 6.07) is 17.9. The molecule has 0 bridgehead atoms. The predicted molar refractivity (Wildman–Crippen MR) is 93.8 cm³/mol. The number of nitrogens with zero attached hydrogens (tertiary/aromatic N) is 1. The monoisotopic (exact) mass is 359 g/mol. The second-order valence-corrected chi connectivity index (χ2v) is 6.06. The van der Waals surface area contributed by atoms with Crippen molar-refractivity contribution < 1.29 is 17.6 Å². The number of hydrogen-bond donors (Lipinski definition) is 0. The van der Waals surface area contributed by atoms with Gasteiger partial charge in [0, 0.05) is 18.7 Å². The van der Waals surface area contributed by atoms with Gasteiger partial charge in [-0.25, -0.2) is 17.6 Å². The first-order valence-electron chi connectivity index (χ1n) is 8.14. The van der Waals surface area contributed by atoms with Crippen molar-refractivity contribution in [1.82, 2.24) is 0 Å². The van der Waals surface area contributed by atoms with Crippen LogP contribution in [0.15, 0.2) is 60.7 Å². The third-order valence-electron chi connectivity index (χ3n) is 4.21. The van der Waals surface area contributed by atoms with Crippen LogP contribution in [0, 0.1) is 30.2 Å². The summed E-state index contributed by atoms with van der Waals surface area (Å²) in [6.45, 7) is 1.22. The maximum absolute atomic E-state index is 14.5. The molecule has 3 rings (SSSR count). The van der Waals surface area contributed by atoms with E-state index in [2.05, 4.69) is 0 Å². The van der Waals surface area contributed by atoms with Gasteiger partial charge in [0.05, 0.1) is 0 Å². The molecule has 26 heavy (non-hydrogen) atoms. The Morgan fingerprint density at radius 1 is 0.615 bits per heavy atom. The quantitative estimate of drug-likeness (QED) is 0.414. The molecular formula is C21H17F4N. The first-order valence-corrected chi connectivity index (χ1v) is 8.14. The molecule has 3 aromatic rings. The Bertz CT molecular complexity index is 824. The lowest BCUT2D eigenvalue weighted by Crippen LogP contribution is -2.25. The van der Waals surface area contributed by atoms with E-state index in [9.17, 15) is 17.6 Å². The summed E-state index contributed by atoms with van der Waals surface area (Å²) in [5.74, 6) is -5.50. The SMILES string of the molecule is Cc1c(F)c(F)c(N(Cc2ccccc2)Cc2ccccc2)c(F)c1F. The van der Waals surface area contributed by atoms with Crippen LogP contribution in [-0.4, -0.2) is 0 Å². The van der Waals surface area contributed by atoms with Crippen molar-refractivity contribution in [3.8, 4) is 0 Å². The molecule has 0 unspecified atom stereocenters. The van der Waals surface area contributed by atoms with E-state index in [1.165, 1.54) is 4.90 Å². The van der Waals surface area contributed by atoms with E-state index < -0.39 is 34.5 Å². The van der Waals surface area contributed by atoms with Crippen molar-refractivity contribution in [3.05, 3.63) is 101 Å². The maximum atomic E-state index is 14.5. The lowest BCUT2D eigenvalue weighted by molar-refractivity contribution is 0.442. The summed E-state index contributed by atoms with van der Waals surface area (Å²) in [6.07, 6.45) is 0. The van der Waals surface area contributed by atoms with Gasteiger partial charge in [-0.1, -0.05) is 60.7 Å². The lowest BCUT2D eigenvalue weighted by Gasteiger charge is -2.27. The normalized spacial score (nSPS) is 10.8. The number of anilines is 1. The molecule has 0 aliphatic carbocycles. The van der Waals surface area contributed by atoms with E-state index in [-0.39, 0.29) is 13.1 Å².